The number of rotatable bonds is 5. The van der Waals surface area contributed by atoms with Gasteiger partial charge >= 0.3 is 0 Å². The minimum atomic E-state index is 0.610. The van der Waals surface area contributed by atoms with Gasteiger partial charge in [0.25, 0.3) is 0 Å². The lowest BCUT2D eigenvalue weighted by atomic mass is 9.97. The molecule has 3 N–H and O–H groups in total. The zero-order valence-corrected chi connectivity index (χ0v) is 11.6. The van der Waals surface area contributed by atoms with Crippen molar-refractivity contribution in [1.82, 2.24) is 4.90 Å². The maximum absolute atomic E-state index is 6.00. The third-order valence-electron chi connectivity index (χ3n) is 3.69. The van der Waals surface area contributed by atoms with E-state index in [2.05, 4.69) is 36.2 Å². The number of benzene rings is 1. The van der Waals surface area contributed by atoms with Crippen LogP contribution in [0.4, 0.5) is 11.4 Å². The molecular weight excluding hydrogens is 222 g/mol. The van der Waals surface area contributed by atoms with Crippen molar-refractivity contribution in [2.24, 2.45) is 0 Å². The van der Waals surface area contributed by atoms with Gasteiger partial charge in [-0.25, -0.2) is 0 Å². The summed E-state index contributed by atoms with van der Waals surface area (Å²) < 4.78 is 0. The van der Waals surface area contributed by atoms with E-state index in [1.807, 2.05) is 6.07 Å². The van der Waals surface area contributed by atoms with Gasteiger partial charge in [0, 0.05) is 12.6 Å². The van der Waals surface area contributed by atoms with Crippen molar-refractivity contribution in [3.63, 3.8) is 0 Å². The van der Waals surface area contributed by atoms with Gasteiger partial charge in [0.2, 0.25) is 0 Å². The van der Waals surface area contributed by atoms with E-state index in [0.29, 0.717) is 6.04 Å². The molecule has 3 nitrogen and oxygen atoms in total. The highest BCUT2D eigenvalue weighted by molar-refractivity contribution is 5.71. The van der Waals surface area contributed by atoms with Gasteiger partial charge in [-0.05, 0) is 44.0 Å². The van der Waals surface area contributed by atoms with Crippen LogP contribution in [0.15, 0.2) is 18.2 Å². The third-order valence-corrected chi connectivity index (χ3v) is 3.69. The number of hydrogen-bond acceptors (Lipinski definition) is 3. The summed E-state index contributed by atoms with van der Waals surface area (Å²) in [5.41, 5.74) is 9.40. The average Bonchev–Trinajstić information content (AvgIpc) is 2.38. The van der Waals surface area contributed by atoms with Crippen molar-refractivity contribution >= 4 is 11.4 Å². The topological polar surface area (TPSA) is 41.3 Å². The summed E-state index contributed by atoms with van der Waals surface area (Å²) in [5, 5.41) is 3.51. The van der Waals surface area contributed by atoms with Crippen LogP contribution >= 0.6 is 0 Å². The second-order valence-corrected chi connectivity index (χ2v) is 5.16. The zero-order valence-electron chi connectivity index (χ0n) is 11.6. The van der Waals surface area contributed by atoms with E-state index in [-0.39, 0.29) is 0 Å². The highest BCUT2D eigenvalue weighted by Gasteiger charge is 2.23. The molecule has 3 heteroatoms. The molecule has 100 valence electrons. The van der Waals surface area contributed by atoms with Crippen molar-refractivity contribution in [3.8, 4) is 0 Å². The average molecular weight is 247 g/mol. The molecule has 0 fully saturated rings. The summed E-state index contributed by atoms with van der Waals surface area (Å²) >= 11 is 0. The summed E-state index contributed by atoms with van der Waals surface area (Å²) in [6.45, 7) is 7.91. The van der Waals surface area contributed by atoms with E-state index >= 15 is 0 Å². The van der Waals surface area contributed by atoms with Crippen molar-refractivity contribution in [2.45, 2.75) is 39.2 Å². The number of para-hydroxylation sites is 1. The second kappa shape index (κ2) is 6.10. The van der Waals surface area contributed by atoms with Crippen LogP contribution in [0.3, 0.4) is 0 Å². The molecule has 1 aromatic rings. The molecule has 2 rings (SSSR count). The fourth-order valence-electron chi connectivity index (χ4n) is 2.86. The molecule has 1 heterocycles. The summed E-state index contributed by atoms with van der Waals surface area (Å²) in [7, 11) is 0. The maximum atomic E-state index is 6.00. The van der Waals surface area contributed by atoms with Gasteiger partial charge in [-0.1, -0.05) is 26.0 Å². The smallest absolute Gasteiger partial charge is 0.0607 e. The van der Waals surface area contributed by atoms with Gasteiger partial charge in [0.1, 0.15) is 0 Å². The lowest BCUT2D eigenvalue weighted by Crippen LogP contribution is -2.44. The number of anilines is 2. The fourth-order valence-corrected chi connectivity index (χ4v) is 2.86. The van der Waals surface area contributed by atoms with E-state index in [1.54, 1.807) is 0 Å². The Bertz CT molecular complexity index is 383. The van der Waals surface area contributed by atoms with Gasteiger partial charge in [-0.15, -0.1) is 0 Å². The molecule has 0 saturated carbocycles. The summed E-state index contributed by atoms with van der Waals surface area (Å²) in [4.78, 5) is 2.61. The summed E-state index contributed by atoms with van der Waals surface area (Å²) in [5.74, 6) is 0. The molecule has 18 heavy (non-hydrogen) atoms. The first-order valence-corrected chi connectivity index (χ1v) is 7.11. The van der Waals surface area contributed by atoms with E-state index in [9.17, 15) is 0 Å². The van der Waals surface area contributed by atoms with Crippen LogP contribution in [0, 0.1) is 0 Å². The Morgan fingerprint density at radius 2 is 2.00 bits per heavy atom. The Balaban J connectivity index is 2.10. The second-order valence-electron chi connectivity index (χ2n) is 5.16. The highest BCUT2D eigenvalue weighted by atomic mass is 15.2. The molecule has 1 aliphatic heterocycles. The lowest BCUT2D eigenvalue weighted by molar-refractivity contribution is 0.200. The van der Waals surface area contributed by atoms with E-state index in [4.69, 9.17) is 5.73 Å². The van der Waals surface area contributed by atoms with Crippen LogP contribution in [-0.4, -0.2) is 30.6 Å². The first kappa shape index (κ1) is 13.2. The van der Waals surface area contributed by atoms with Crippen molar-refractivity contribution < 1.29 is 0 Å². The van der Waals surface area contributed by atoms with E-state index in [0.717, 1.165) is 24.3 Å². The minimum Gasteiger partial charge on any atom is -0.397 e. The van der Waals surface area contributed by atoms with Crippen LogP contribution in [-0.2, 0) is 6.42 Å². The molecule has 0 aliphatic carbocycles. The van der Waals surface area contributed by atoms with Crippen LogP contribution in [0.1, 0.15) is 32.3 Å². The minimum absolute atomic E-state index is 0.610. The molecule has 1 atom stereocenters. The summed E-state index contributed by atoms with van der Waals surface area (Å²) in [6, 6.07) is 6.84. The van der Waals surface area contributed by atoms with Crippen LogP contribution < -0.4 is 11.1 Å². The first-order chi connectivity index (χ1) is 8.76. The van der Waals surface area contributed by atoms with E-state index < -0.39 is 0 Å². The number of fused-ring (bicyclic) bond motifs is 1. The molecule has 1 aliphatic rings. The van der Waals surface area contributed by atoms with Gasteiger partial charge in [-0.3, -0.25) is 4.90 Å². The van der Waals surface area contributed by atoms with Gasteiger partial charge in [0.15, 0.2) is 0 Å². The monoisotopic (exact) mass is 247 g/mol. The number of nitrogen functional groups attached to an aromatic ring is 1. The number of hydrogen-bond donors (Lipinski definition) is 2. The van der Waals surface area contributed by atoms with Crippen LogP contribution in [0.25, 0.3) is 0 Å². The van der Waals surface area contributed by atoms with Crippen LogP contribution in [0.5, 0.6) is 0 Å². The lowest BCUT2D eigenvalue weighted by Gasteiger charge is -2.36. The third kappa shape index (κ3) is 2.78. The number of nitrogens with one attached hydrogen (secondary N) is 1. The Morgan fingerprint density at radius 3 is 2.67 bits per heavy atom. The van der Waals surface area contributed by atoms with E-state index in [1.165, 1.54) is 31.5 Å². The Labute approximate surface area is 110 Å². The molecule has 0 unspecified atom stereocenters. The number of nitrogens with zero attached hydrogens (tertiary/aromatic N) is 1. The van der Waals surface area contributed by atoms with Gasteiger partial charge in [-0.2, -0.15) is 0 Å². The molecule has 0 aromatic heterocycles. The molecule has 0 saturated heterocycles. The van der Waals surface area contributed by atoms with Crippen molar-refractivity contribution in [3.05, 3.63) is 23.8 Å². The Morgan fingerprint density at radius 1 is 1.28 bits per heavy atom. The molecular formula is C15H25N3. The Kier molecular flexibility index (Phi) is 4.48. The maximum Gasteiger partial charge on any atom is 0.0607 e. The quantitative estimate of drug-likeness (QED) is 0.786. The number of nitrogens with two attached hydrogens (primary N) is 1. The molecule has 1 aromatic carbocycles. The van der Waals surface area contributed by atoms with Crippen LogP contribution in [0.2, 0.25) is 0 Å². The molecule has 0 spiro atoms. The summed E-state index contributed by atoms with van der Waals surface area (Å²) in [6.07, 6.45) is 3.56. The standard InChI is InChI=1S/C15H25N3/c1-3-8-18(9-4-2)13-10-12-6-5-7-14(16)15(12)17-11-13/h5-7,13,17H,3-4,8-11,16H2,1-2H3/t13-/m1/s1. The van der Waals surface area contributed by atoms with Gasteiger partial charge in [0.05, 0.1) is 11.4 Å². The van der Waals surface area contributed by atoms with Gasteiger partial charge < -0.3 is 11.1 Å². The van der Waals surface area contributed by atoms with Crippen molar-refractivity contribution in [2.75, 3.05) is 30.7 Å². The Hall–Kier alpha value is -1.22. The predicted molar refractivity (Wildman–Crippen MR) is 79.0 cm³/mol. The molecule has 0 amide bonds. The van der Waals surface area contributed by atoms with Crippen molar-refractivity contribution in [1.29, 1.82) is 0 Å². The SMILES string of the molecule is CCCN(CCC)[C@H]1CNc2c(N)cccc2C1. The predicted octanol–water partition coefficient (Wildman–Crippen LogP) is 2.73. The fraction of sp³-hybridized carbons (Fsp3) is 0.600. The molecule has 0 radical (unpaired) electrons. The largest absolute Gasteiger partial charge is 0.397 e. The first-order valence-electron chi connectivity index (χ1n) is 7.11. The highest BCUT2D eigenvalue weighted by Crippen LogP contribution is 2.29. The molecule has 0 bridgehead atoms. The normalized spacial score (nSPS) is 18.5. The zero-order chi connectivity index (χ0) is 13.0.